The first-order chi connectivity index (χ1) is 17.7. The molecule has 0 aliphatic heterocycles. The Kier molecular flexibility index (Phi) is 5.51. The number of hydrogen-bond donors (Lipinski definition) is 1. The molecule has 0 saturated carbocycles. The van der Waals surface area contributed by atoms with Crippen molar-refractivity contribution in [1.29, 1.82) is 0 Å². The summed E-state index contributed by atoms with van der Waals surface area (Å²) in [4.78, 5) is 9.70. The fourth-order valence-electron chi connectivity index (χ4n) is 4.72. The highest BCUT2D eigenvalue weighted by Crippen LogP contribution is 2.32. The first kappa shape index (κ1) is 21.8. The molecule has 0 spiro atoms. The Labute approximate surface area is 209 Å². The molecule has 6 aromatic rings. The first-order valence-corrected chi connectivity index (χ1v) is 12.0. The average Bonchev–Trinajstić information content (AvgIpc) is 2.91. The summed E-state index contributed by atoms with van der Waals surface area (Å²) in [6, 6.07) is 36.7. The summed E-state index contributed by atoms with van der Waals surface area (Å²) < 4.78 is 0. The molecule has 0 radical (unpaired) electrons. The lowest BCUT2D eigenvalue weighted by atomic mass is 9.97. The van der Waals surface area contributed by atoms with Crippen LogP contribution in [-0.4, -0.2) is 17.5 Å². The van der Waals surface area contributed by atoms with Gasteiger partial charge >= 0.3 is 0 Å². The van der Waals surface area contributed by atoms with Crippen molar-refractivity contribution in [3.8, 4) is 5.75 Å². The summed E-state index contributed by atoms with van der Waals surface area (Å²) >= 11 is 0. The molecule has 0 aromatic heterocycles. The average molecular weight is 465 g/mol. The van der Waals surface area contributed by atoms with Gasteiger partial charge in [-0.25, -0.2) is 0 Å². The number of hydrogen-bond acceptors (Lipinski definition) is 3. The predicted octanol–water partition coefficient (Wildman–Crippen LogP) is 8.66. The van der Waals surface area contributed by atoms with Crippen LogP contribution < -0.4 is 0 Å². The molecule has 0 amide bonds. The molecule has 0 saturated heterocycles. The molecule has 6 aromatic carbocycles. The van der Waals surface area contributed by atoms with Crippen molar-refractivity contribution in [3.63, 3.8) is 0 Å². The molecular weight excluding hydrogens is 440 g/mol. The standard InChI is InChI=1S/C33H24N2O/c1-22-14-16-31(34-21-30-26-11-5-2-8-23(26)15-17-33(30)36)32(18-22)35-20-29-27-12-6-3-9-24(27)19-25-10-4-7-13-28(25)29/h2-21,36H,1H3. The van der Waals surface area contributed by atoms with Crippen LogP contribution in [0.4, 0.5) is 11.4 Å². The van der Waals surface area contributed by atoms with Crippen LogP contribution in [0.2, 0.25) is 0 Å². The van der Waals surface area contributed by atoms with Gasteiger partial charge in [-0.2, -0.15) is 0 Å². The van der Waals surface area contributed by atoms with Gasteiger partial charge in [-0.3, -0.25) is 9.98 Å². The lowest BCUT2D eigenvalue weighted by Crippen LogP contribution is -1.88. The summed E-state index contributed by atoms with van der Waals surface area (Å²) in [5.41, 5.74) is 4.42. The largest absolute Gasteiger partial charge is 0.507 e. The molecule has 0 atom stereocenters. The molecular formula is C33H24N2O. The van der Waals surface area contributed by atoms with E-state index in [2.05, 4.69) is 61.5 Å². The predicted molar refractivity (Wildman–Crippen MR) is 153 cm³/mol. The molecule has 0 bridgehead atoms. The van der Waals surface area contributed by atoms with Gasteiger partial charge in [0.2, 0.25) is 0 Å². The molecule has 0 heterocycles. The molecule has 0 aliphatic rings. The number of phenols is 1. The summed E-state index contributed by atoms with van der Waals surface area (Å²) in [6.07, 6.45) is 3.68. The molecule has 0 aliphatic carbocycles. The van der Waals surface area contributed by atoms with E-state index in [1.807, 2.05) is 54.7 Å². The Balaban J connectivity index is 1.46. The second-order valence-electron chi connectivity index (χ2n) is 8.96. The van der Waals surface area contributed by atoms with Gasteiger partial charge in [0.1, 0.15) is 5.75 Å². The lowest BCUT2D eigenvalue weighted by Gasteiger charge is -2.09. The van der Waals surface area contributed by atoms with Crippen molar-refractivity contribution in [3.05, 3.63) is 126 Å². The molecule has 0 fully saturated rings. The molecule has 0 unspecified atom stereocenters. The quantitative estimate of drug-likeness (QED) is 0.206. The number of phenolic OH excluding ortho intramolecular Hbond substituents is 1. The van der Waals surface area contributed by atoms with E-state index in [4.69, 9.17) is 9.98 Å². The fourth-order valence-corrected chi connectivity index (χ4v) is 4.72. The van der Waals surface area contributed by atoms with Gasteiger partial charge in [0, 0.05) is 23.6 Å². The van der Waals surface area contributed by atoms with Gasteiger partial charge in [0.15, 0.2) is 0 Å². The van der Waals surface area contributed by atoms with E-state index in [1.165, 1.54) is 21.5 Å². The highest BCUT2D eigenvalue weighted by molar-refractivity contribution is 6.14. The van der Waals surface area contributed by atoms with Crippen LogP contribution in [0.1, 0.15) is 16.7 Å². The third-order valence-corrected chi connectivity index (χ3v) is 6.56. The highest BCUT2D eigenvalue weighted by Gasteiger charge is 2.08. The summed E-state index contributed by atoms with van der Waals surface area (Å²) in [5.74, 6) is 0.205. The van der Waals surface area contributed by atoms with Crippen molar-refractivity contribution < 1.29 is 5.11 Å². The van der Waals surface area contributed by atoms with Crippen LogP contribution in [0.25, 0.3) is 32.3 Å². The van der Waals surface area contributed by atoms with Gasteiger partial charge in [-0.15, -0.1) is 0 Å². The van der Waals surface area contributed by atoms with E-state index in [0.29, 0.717) is 5.56 Å². The summed E-state index contributed by atoms with van der Waals surface area (Å²) in [6.45, 7) is 2.05. The normalized spacial score (nSPS) is 11.9. The maximum Gasteiger partial charge on any atom is 0.124 e. The molecule has 3 heteroatoms. The Morgan fingerprint density at radius 2 is 1.08 bits per heavy atom. The van der Waals surface area contributed by atoms with Crippen LogP contribution in [-0.2, 0) is 0 Å². The topological polar surface area (TPSA) is 45.0 Å². The second kappa shape index (κ2) is 9.12. The summed E-state index contributed by atoms with van der Waals surface area (Å²) in [5, 5.41) is 17.3. The molecule has 36 heavy (non-hydrogen) atoms. The van der Waals surface area contributed by atoms with Crippen LogP contribution in [0.5, 0.6) is 5.75 Å². The van der Waals surface area contributed by atoms with Crippen LogP contribution in [0, 0.1) is 6.92 Å². The van der Waals surface area contributed by atoms with Gasteiger partial charge < -0.3 is 5.11 Å². The van der Waals surface area contributed by atoms with E-state index < -0.39 is 0 Å². The molecule has 1 N–H and O–H groups in total. The van der Waals surface area contributed by atoms with Gasteiger partial charge in [0.05, 0.1) is 11.4 Å². The second-order valence-corrected chi connectivity index (χ2v) is 8.96. The number of nitrogens with zero attached hydrogens (tertiary/aromatic N) is 2. The van der Waals surface area contributed by atoms with Crippen LogP contribution in [0.3, 0.4) is 0 Å². The Hall–Kier alpha value is -4.76. The van der Waals surface area contributed by atoms with Crippen molar-refractivity contribution in [2.75, 3.05) is 0 Å². The highest BCUT2D eigenvalue weighted by atomic mass is 16.3. The van der Waals surface area contributed by atoms with E-state index >= 15 is 0 Å². The van der Waals surface area contributed by atoms with Gasteiger partial charge in [-0.05, 0) is 69.1 Å². The van der Waals surface area contributed by atoms with E-state index in [9.17, 15) is 5.11 Å². The van der Waals surface area contributed by atoms with Crippen molar-refractivity contribution >= 4 is 56.1 Å². The van der Waals surface area contributed by atoms with E-state index in [0.717, 1.165) is 33.3 Å². The number of fused-ring (bicyclic) bond motifs is 3. The number of aromatic hydroxyl groups is 1. The smallest absolute Gasteiger partial charge is 0.124 e. The Morgan fingerprint density at radius 1 is 0.528 bits per heavy atom. The van der Waals surface area contributed by atoms with Gasteiger partial charge in [-0.1, -0.05) is 84.9 Å². The molecule has 172 valence electrons. The zero-order valence-electron chi connectivity index (χ0n) is 19.9. The number of rotatable bonds is 4. The maximum atomic E-state index is 10.5. The van der Waals surface area contributed by atoms with Crippen molar-refractivity contribution in [2.24, 2.45) is 9.98 Å². The summed E-state index contributed by atoms with van der Waals surface area (Å²) in [7, 11) is 0. The monoisotopic (exact) mass is 464 g/mol. The fraction of sp³-hybridized carbons (Fsp3) is 0.0303. The zero-order chi connectivity index (χ0) is 24.5. The minimum absolute atomic E-state index is 0.205. The number of benzene rings is 6. The number of aliphatic imine (C=N–C) groups is 2. The number of aryl methyl sites for hydroxylation is 1. The van der Waals surface area contributed by atoms with Crippen LogP contribution >= 0.6 is 0 Å². The molecule has 6 rings (SSSR count). The molecule has 3 nitrogen and oxygen atoms in total. The zero-order valence-corrected chi connectivity index (χ0v) is 19.9. The third kappa shape index (κ3) is 4.01. The third-order valence-electron chi connectivity index (χ3n) is 6.56. The lowest BCUT2D eigenvalue weighted by molar-refractivity contribution is 0.475. The van der Waals surface area contributed by atoms with E-state index in [1.54, 1.807) is 12.3 Å². The van der Waals surface area contributed by atoms with Crippen molar-refractivity contribution in [2.45, 2.75) is 6.92 Å². The first-order valence-electron chi connectivity index (χ1n) is 12.0. The minimum Gasteiger partial charge on any atom is -0.507 e. The minimum atomic E-state index is 0.205. The Bertz CT molecular complexity index is 1760. The SMILES string of the molecule is Cc1ccc(N=Cc2c(O)ccc3ccccc23)c(N=Cc2c3ccccc3cc3ccccc23)c1. The van der Waals surface area contributed by atoms with Gasteiger partial charge in [0.25, 0.3) is 0 Å². The maximum absolute atomic E-state index is 10.5. The Morgan fingerprint density at radius 3 is 1.78 bits per heavy atom. The van der Waals surface area contributed by atoms with Crippen molar-refractivity contribution in [1.82, 2.24) is 0 Å². The van der Waals surface area contributed by atoms with Crippen LogP contribution in [0.15, 0.2) is 119 Å². The van der Waals surface area contributed by atoms with E-state index in [-0.39, 0.29) is 5.75 Å².